The number of anilines is 2. The van der Waals surface area contributed by atoms with E-state index in [4.69, 9.17) is 9.72 Å². The van der Waals surface area contributed by atoms with Crippen molar-refractivity contribution >= 4 is 24.0 Å². The Hall–Kier alpha value is -1.81. The van der Waals surface area contributed by atoms with Gasteiger partial charge in [0.05, 0.1) is 26.5 Å². The summed E-state index contributed by atoms with van der Waals surface area (Å²) in [5, 5.41) is 23.5. The first kappa shape index (κ1) is 25.3. The zero-order valence-electron chi connectivity index (χ0n) is 20.7. The van der Waals surface area contributed by atoms with Gasteiger partial charge in [-0.15, -0.1) is 0 Å². The molecule has 3 aliphatic rings. The number of nitrogens with zero attached hydrogens (tertiary/aromatic N) is 5. The minimum absolute atomic E-state index is 0.181. The summed E-state index contributed by atoms with van der Waals surface area (Å²) in [5.74, 6) is 2.56. The Bertz CT molecular complexity index is 773. The lowest BCUT2D eigenvalue weighted by molar-refractivity contribution is 0.0375. The Balaban J connectivity index is 1.70. The highest BCUT2D eigenvalue weighted by molar-refractivity contribution is 5.78. The normalized spacial score (nSPS) is 22.1. The van der Waals surface area contributed by atoms with Crippen molar-refractivity contribution in [1.29, 1.82) is 0 Å². The SMILES string of the molecule is C=Nc1nc(C(O)CO)nc(N[C@H](C)C2CCC2)c1N(CC1CCCCC1)CN1CCOCC1. The highest BCUT2D eigenvalue weighted by Gasteiger charge is 2.30. The second-order valence-electron chi connectivity index (χ2n) is 10.2. The number of ether oxygens (including phenoxy) is 1. The number of rotatable bonds is 11. The zero-order valence-corrected chi connectivity index (χ0v) is 20.7. The van der Waals surface area contributed by atoms with Gasteiger partial charge in [-0.25, -0.2) is 15.0 Å². The van der Waals surface area contributed by atoms with Crippen molar-refractivity contribution < 1.29 is 14.9 Å². The maximum absolute atomic E-state index is 10.3. The summed E-state index contributed by atoms with van der Waals surface area (Å²) >= 11 is 0. The summed E-state index contributed by atoms with van der Waals surface area (Å²) in [6.07, 6.45) is 8.91. The molecule has 0 bridgehead atoms. The van der Waals surface area contributed by atoms with Crippen molar-refractivity contribution in [3.63, 3.8) is 0 Å². The van der Waals surface area contributed by atoms with Gasteiger partial charge in [-0.1, -0.05) is 25.7 Å². The Kier molecular flexibility index (Phi) is 9.10. The van der Waals surface area contributed by atoms with Crippen molar-refractivity contribution in [2.24, 2.45) is 16.8 Å². The van der Waals surface area contributed by atoms with Gasteiger partial charge in [-0.2, -0.15) is 0 Å². The Morgan fingerprint density at radius 3 is 2.50 bits per heavy atom. The predicted octanol–water partition coefficient (Wildman–Crippen LogP) is 3.11. The van der Waals surface area contributed by atoms with E-state index in [0.717, 1.165) is 45.2 Å². The van der Waals surface area contributed by atoms with Gasteiger partial charge >= 0.3 is 0 Å². The fraction of sp³-hybridized carbons (Fsp3) is 0.800. The van der Waals surface area contributed by atoms with E-state index in [-0.39, 0.29) is 11.9 Å². The van der Waals surface area contributed by atoms with Crippen LogP contribution in [-0.2, 0) is 4.74 Å². The Morgan fingerprint density at radius 1 is 1.15 bits per heavy atom. The molecule has 0 radical (unpaired) electrons. The summed E-state index contributed by atoms with van der Waals surface area (Å²) in [6, 6.07) is 0.249. The molecule has 4 rings (SSSR count). The van der Waals surface area contributed by atoms with Gasteiger partial charge in [0.25, 0.3) is 0 Å². The van der Waals surface area contributed by atoms with Crippen LogP contribution in [-0.4, -0.2) is 84.0 Å². The highest BCUT2D eigenvalue weighted by Crippen LogP contribution is 2.39. The van der Waals surface area contributed by atoms with Crippen LogP contribution in [0.5, 0.6) is 0 Å². The van der Waals surface area contributed by atoms with Crippen LogP contribution in [0.25, 0.3) is 0 Å². The van der Waals surface area contributed by atoms with Crippen LogP contribution in [0.2, 0.25) is 0 Å². The minimum Gasteiger partial charge on any atom is -0.393 e. The molecule has 1 aromatic rings. The molecule has 2 heterocycles. The standard InChI is InChI=1S/C25H42N6O3/c1-18(20-9-6-10-20)27-25-22(24(26-2)28-23(29-25)21(33)16-32)31(15-19-7-4-3-5-8-19)17-30-11-13-34-14-12-30/h18-21,32-33H,2-17H2,1H3,(H,27,28,29)/t18-,21?/m1/s1. The van der Waals surface area contributed by atoms with Gasteiger partial charge in [0.2, 0.25) is 0 Å². The summed E-state index contributed by atoms with van der Waals surface area (Å²) in [6.45, 7) is 10.5. The molecule has 9 heteroatoms. The van der Waals surface area contributed by atoms with E-state index >= 15 is 0 Å². The van der Waals surface area contributed by atoms with Gasteiger partial charge in [-0.3, -0.25) is 4.90 Å². The Labute approximate surface area is 203 Å². The van der Waals surface area contributed by atoms with E-state index in [1.54, 1.807) is 0 Å². The molecule has 0 spiro atoms. The smallest absolute Gasteiger partial charge is 0.181 e. The number of nitrogens with one attached hydrogen (secondary N) is 1. The molecule has 34 heavy (non-hydrogen) atoms. The van der Waals surface area contributed by atoms with Crippen molar-refractivity contribution in [3.05, 3.63) is 5.82 Å². The average molecular weight is 475 g/mol. The van der Waals surface area contributed by atoms with Crippen molar-refractivity contribution in [2.75, 3.05) is 56.3 Å². The predicted molar refractivity (Wildman–Crippen MR) is 135 cm³/mol. The quantitative estimate of drug-likeness (QED) is 0.420. The molecule has 3 fully saturated rings. The zero-order chi connectivity index (χ0) is 23.9. The molecule has 2 atom stereocenters. The second kappa shape index (κ2) is 12.2. The van der Waals surface area contributed by atoms with Crippen molar-refractivity contribution in [2.45, 2.75) is 70.4 Å². The summed E-state index contributed by atoms with van der Waals surface area (Å²) in [4.78, 5) is 18.3. The monoisotopic (exact) mass is 474 g/mol. The lowest BCUT2D eigenvalue weighted by Crippen LogP contribution is -2.46. The molecular formula is C25H42N6O3. The lowest BCUT2D eigenvalue weighted by Gasteiger charge is -2.38. The number of hydrogen-bond acceptors (Lipinski definition) is 9. The number of hydrogen-bond donors (Lipinski definition) is 3. The first-order chi connectivity index (χ1) is 16.6. The van der Waals surface area contributed by atoms with E-state index in [2.05, 4.69) is 38.7 Å². The summed E-state index contributed by atoms with van der Waals surface area (Å²) in [7, 11) is 0. The van der Waals surface area contributed by atoms with Crippen LogP contribution in [0.3, 0.4) is 0 Å². The highest BCUT2D eigenvalue weighted by atomic mass is 16.5. The van der Waals surface area contributed by atoms with Crippen LogP contribution in [0.4, 0.5) is 17.3 Å². The number of aliphatic hydroxyl groups excluding tert-OH is 2. The molecule has 2 saturated carbocycles. The molecule has 2 aliphatic carbocycles. The molecule has 3 N–H and O–H groups in total. The third kappa shape index (κ3) is 6.24. The third-order valence-electron chi connectivity index (χ3n) is 7.72. The van der Waals surface area contributed by atoms with Gasteiger partial charge in [-0.05, 0) is 51.2 Å². The fourth-order valence-electron chi connectivity index (χ4n) is 5.35. The molecule has 0 aromatic carbocycles. The van der Waals surface area contributed by atoms with Crippen molar-refractivity contribution in [1.82, 2.24) is 14.9 Å². The van der Waals surface area contributed by atoms with Crippen LogP contribution < -0.4 is 10.2 Å². The second-order valence-corrected chi connectivity index (χ2v) is 10.2. The van der Waals surface area contributed by atoms with E-state index in [0.29, 0.717) is 23.5 Å². The van der Waals surface area contributed by atoms with Crippen LogP contribution >= 0.6 is 0 Å². The summed E-state index contributed by atoms with van der Waals surface area (Å²) < 4.78 is 5.58. The third-order valence-corrected chi connectivity index (χ3v) is 7.72. The fourth-order valence-corrected chi connectivity index (χ4v) is 5.35. The number of aliphatic hydroxyl groups is 2. The van der Waals surface area contributed by atoms with E-state index in [1.165, 1.54) is 51.4 Å². The van der Waals surface area contributed by atoms with Crippen LogP contribution in [0, 0.1) is 11.8 Å². The number of aliphatic imine (C=N–C) groups is 1. The molecule has 190 valence electrons. The average Bonchev–Trinajstić information content (AvgIpc) is 2.82. The van der Waals surface area contributed by atoms with Crippen molar-refractivity contribution in [3.8, 4) is 0 Å². The number of aromatic nitrogens is 2. The maximum Gasteiger partial charge on any atom is 0.181 e. The van der Waals surface area contributed by atoms with E-state index < -0.39 is 12.7 Å². The lowest BCUT2D eigenvalue weighted by atomic mass is 9.80. The van der Waals surface area contributed by atoms with Gasteiger partial charge < -0.3 is 25.2 Å². The Morgan fingerprint density at radius 2 is 1.88 bits per heavy atom. The molecule has 1 unspecified atom stereocenters. The largest absolute Gasteiger partial charge is 0.393 e. The molecule has 1 aliphatic heterocycles. The molecule has 1 aromatic heterocycles. The van der Waals surface area contributed by atoms with Gasteiger partial charge in [0.1, 0.15) is 11.8 Å². The van der Waals surface area contributed by atoms with Crippen LogP contribution in [0.1, 0.15) is 70.2 Å². The van der Waals surface area contributed by atoms with Gasteiger partial charge in [0.15, 0.2) is 17.5 Å². The molecule has 1 saturated heterocycles. The van der Waals surface area contributed by atoms with E-state index in [9.17, 15) is 10.2 Å². The first-order valence-corrected chi connectivity index (χ1v) is 13.1. The minimum atomic E-state index is -1.15. The first-order valence-electron chi connectivity index (χ1n) is 13.1. The number of morpholine rings is 1. The summed E-state index contributed by atoms with van der Waals surface area (Å²) in [5.41, 5.74) is 0.854. The topological polar surface area (TPSA) is 106 Å². The maximum atomic E-state index is 10.3. The molecular weight excluding hydrogens is 432 g/mol. The molecule has 0 amide bonds. The van der Waals surface area contributed by atoms with Gasteiger partial charge in [0, 0.05) is 25.7 Å². The molecule has 9 nitrogen and oxygen atoms in total. The van der Waals surface area contributed by atoms with E-state index in [1.807, 2.05) is 0 Å². The van der Waals surface area contributed by atoms with Crippen LogP contribution in [0.15, 0.2) is 4.99 Å².